The minimum Gasteiger partial charge on any atom is -0.348 e. The molecule has 0 spiro atoms. The van der Waals surface area contributed by atoms with Gasteiger partial charge in [0, 0.05) is 30.6 Å². The first-order valence-corrected chi connectivity index (χ1v) is 10.5. The molecular formula is C26H31N3. The molecule has 0 atom stereocenters. The summed E-state index contributed by atoms with van der Waals surface area (Å²) in [6.45, 7) is 16.1. The van der Waals surface area contributed by atoms with Gasteiger partial charge in [-0.3, -0.25) is 4.98 Å². The Bertz CT molecular complexity index is 1040. The molecule has 0 unspecified atom stereocenters. The minimum atomic E-state index is 0.188. The van der Waals surface area contributed by atoms with Crippen molar-refractivity contribution in [3.8, 4) is 0 Å². The Morgan fingerprint density at radius 3 is 2.31 bits per heavy atom. The third-order valence-corrected chi connectivity index (χ3v) is 6.58. The van der Waals surface area contributed by atoms with Gasteiger partial charge >= 0.3 is 0 Å². The molecule has 3 aromatic rings. The van der Waals surface area contributed by atoms with Crippen molar-refractivity contribution < 1.29 is 0 Å². The van der Waals surface area contributed by atoms with E-state index >= 15 is 0 Å². The molecule has 0 bridgehead atoms. The standard InChI is InChI=1S/C26H31N3/c1-17-13-21-22(26(5,6)10-9-25(21,3)4)15-20(17)18(2)23-8-7-19(16-29-23)14-24-27-11-12-28-24/h7-8,11-13,15-16H,2,9-10,14H2,1,3-6H3,(H,27,28). The van der Waals surface area contributed by atoms with Gasteiger partial charge in [0.15, 0.2) is 0 Å². The Balaban J connectivity index is 1.67. The number of hydrogen-bond donors (Lipinski definition) is 1. The van der Waals surface area contributed by atoms with Gasteiger partial charge in [-0.2, -0.15) is 0 Å². The molecule has 2 aromatic heterocycles. The number of pyridine rings is 1. The first-order chi connectivity index (χ1) is 13.7. The Labute approximate surface area is 174 Å². The van der Waals surface area contributed by atoms with Crippen LogP contribution in [0, 0.1) is 6.92 Å². The average Bonchev–Trinajstić information content (AvgIpc) is 3.18. The van der Waals surface area contributed by atoms with Crippen LogP contribution in [-0.2, 0) is 17.3 Å². The smallest absolute Gasteiger partial charge is 0.110 e. The van der Waals surface area contributed by atoms with Gasteiger partial charge in [-0.1, -0.05) is 46.4 Å². The van der Waals surface area contributed by atoms with Crippen LogP contribution in [0.3, 0.4) is 0 Å². The van der Waals surface area contributed by atoms with E-state index in [9.17, 15) is 0 Å². The summed E-state index contributed by atoms with van der Waals surface area (Å²) in [4.78, 5) is 12.1. The number of rotatable bonds is 4. The summed E-state index contributed by atoms with van der Waals surface area (Å²) in [6, 6.07) is 8.97. The lowest BCUT2D eigenvalue weighted by Gasteiger charge is -2.42. The highest BCUT2D eigenvalue weighted by atomic mass is 14.9. The van der Waals surface area contributed by atoms with Crippen LogP contribution in [0.2, 0.25) is 0 Å². The van der Waals surface area contributed by atoms with Gasteiger partial charge < -0.3 is 4.98 Å². The number of aromatic amines is 1. The minimum absolute atomic E-state index is 0.188. The molecule has 1 aliphatic carbocycles. The molecule has 1 aromatic carbocycles. The molecule has 0 fully saturated rings. The van der Waals surface area contributed by atoms with Crippen LogP contribution in [0.1, 0.15) is 79.9 Å². The maximum absolute atomic E-state index is 4.71. The zero-order valence-corrected chi connectivity index (χ0v) is 18.3. The van der Waals surface area contributed by atoms with Crippen molar-refractivity contribution in [3.05, 3.63) is 88.8 Å². The number of nitrogens with zero attached hydrogens (tertiary/aromatic N) is 2. The highest BCUT2D eigenvalue weighted by Crippen LogP contribution is 2.47. The molecular weight excluding hydrogens is 354 g/mol. The number of hydrogen-bond acceptors (Lipinski definition) is 2. The highest BCUT2D eigenvalue weighted by Gasteiger charge is 2.37. The molecule has 0 saturated heterocycles. The normalized spacial score (nSPS) is 17.0. The number of benzene rings is 1. The number of H-pyrrole nitrogens is 1. The third-order valence-electron chi connectivity index (χ3n) is 6.58. The quantitative estimate of drug-likeness (QED) is 0.588. The fraction of sp³-hybridized carbons (Fsp3) is 0.385. The second-order valence-electron chi connectivity index (χ2n) is 9.72. The molecule has 1 aliphatic rings. The zero-order chi connectivity index (χ0) is 20.8. The van der Waals surface area contributed by atoms with E-state index in [1.165, 1.54) is 35.1 Å². The Hall–Kier alpha value is -2.68. The molecule has 0 aliphatic heterocycles. The molecule has 150 valence electrons. The van der Waals surface area contributed by atoms with Gasteiger partial charge in [0.25, 0.3) is 0 Å². The first kappa shape index (κ1) is 19.6. The molecule has 29 heavy (non-hydrogen) atoms. The molecule has 3 heteroatoms. The topological polar surface area (TPSA) is 41.6 Å². The lowest BCUT2D eigenvalue weighted by molar-refractivity contribution is 0.331. The van der Waals surface area contributed by atoms with Crippen LogP contribution >= 0.6 is 0 Å². The van der Waals surface area contributed by atoms with E-state index in [2.05, 4.69) is 75.4 Å². The van der Waals surface area contributed by atoms with Crippen LogP contribution in [0.5, 0.6) is 0 Å². The maximum Gasteiger partial charge on any atom is 0.110 e. The van der Waals surface area contributed by atoms with Gasteiger partial charge in [-0.05, 0) is 70.5 Å². The van der Waals surface area contributed by atoms with Crippen LogP contribution in [-0.4, -0.2) is 15.0 Å². The van der Waals surface area contributed by atoms with Crippen molar-refractivity contribution in [2.24, 2.45) is 0 Å². The van der Waals surface area contributed by atoms with E-state index in [-0.39, 0.29) is 10.8 Å². The van der Waals surface area contributed by atoms with Crippen LogP contribution in [0.25, 0.3) is 5.57 Å². The number of imidazole rings is 1. The van der Waals surface area contributed by atoms with Crippen LogP contribution in [0.4, 0.5) is 0 Å². The van der Waals surface area contributed by atoms with E-state index in [0.29, 0.717) is 0 Å². The summed E-state index contributed by atoms with van der Waals surface area (Å²) in [6.07, 6.45) is 8.76. The molecule has 4 rings (SSSR count). The van der Waals surface area contributed by atoms with Gasteiger partial charge in [0.2, 0.25) is 0 Å². The van der Waals surface area contributed by atoms with E-state index in [1.807, 2.05) is 12.4 Å². The molecule has 0 amide bonds. The Morgan fingerprint density at radius 1 is 1.03 bits per heavy atom. The molecule has 3 nitrogen and oxygen atoms in total. The summed E-state index contributed by atoms with van der Waals surface area (Å²) < 4.78 is 0. The average molecular weight is 386 g/mol. The molecule has 2 heterocycles. The summed E-state index contributed by atoms with van der Waals surface area (Å²) in [7, 11) is 0. The Kier molecular flexibility index (Phi) is 4.72. The van der Waals surface area contributed by atoms with Crippen molar-refractivity contribution in [1.82, 2.24) is 15.0 Å². The van der Waals surface area contributed by atoms with Gasteiger partial charge in [-0.15, -0.1) is 0 Å². The second kappa shape index (κ2) is 6.98. The summed E-state index contributed by atoms with van der Waals surface area (Å²) in [5.41, 5.74) is 8.92. The lowest BCUT2D eigenvalue weighted by atomic mass is 9.62. The van der Waals surface area contributed by atoms with E-state index in [0.717, 1.165) is 29.1 Å². The molecule has 1 N–H and O–H groups in total. The lowest BCUT2D eigenvalue weighted by Crippen LogP contribution is -2.34. The largest absolute Gasteiger partial charge is 0.348 e. The predicted molar refractivity (Wildman–Crippen MR) is 120 cm³/mol. The fourth-order valence-electron chi connectivity index (χ4n) is 4.48. The highest BCUT2D eigenvalue weighted by molar-refractivity contribution is 5.79. The van der Waals surface area contributed by atoms with Crippen LogP contribution < -0.4 is 0 Å². The third kappa shape index (κ3) is 3.66. The van der Waals surface area contributed by atoms with Crippen LogP contribution in [0.15, 0.2) is 49.4 Å². The fourth-order valence-corrected chi connectivity index (χ4v) is 4.48. The monoisotopic (exact) mass is 385 g/mol. The van der Waals surface area contributed by atoms with Crippen molar-refractivity contribution in [2.75, 3.05) is 0 Å². The molecule has 0 saturated carbocycles. The summed E-state index contributed by atoms with van der Waals surface area (Å²) in [5.74, 6) is 0.953. The SMILES string of the molecule is C=C(c1ccc(Cc2ncc[nH]2)cn1)c1cc2c(cc1C)C(C)(C)CCC2(C)C. The predicted octanol–water partition coefficient (Wildman–Crippen LogP) is 6.11. The van der Waals surface area contributed by atoms with E-state index in [4.69, 9.17) is 4.98 Å². The van der Waals surface area contributed by atoms with Crippen molar-refractivity contribution in [1.29, 1.82) is 0 Å². The number of fused-ring (bicyclic) bond motifs is 1. The van der Waals surface area contributed by atoms with Crippen molar-refractivity contribution >= 4 is 5.57 Å². The van der Waals surface area contributed by atoms with Gasteiger partial charge in [0.1, 0.15) is 5.82 Å². The maximum atomic E-state index is 4.71. The second-order valence-corrected chi connectivity index (χ2v) is 9.72. The number of nitrogens with one attached hydrogen (secondary N) is 1. The number of aromatic nitrogens is 3. The zero-order valence-electron chi connectivity index (χ0n) is 18.3. The first-order valence-electron chi connectivity index (χ1n) is 10.5. The molecule has 0 radical (unpaired) electrons. The van der Waals surface area contributed by atoms with E-state index < -0.39 is 0 Å². The van der Waals surface area contributed by atoms with Gasteiger partial charge in [-0.25, -0.2) is 4.98 Å². The van der Waals surface area contributed by atoms with Crippen molar-refractivity contribution in [2.45, 2.75) is 64.7 Å². The summed E-state index contributed by atoms with van der Waals surface area (Å²) in [5, 5.41) is 0. The van der Waals surface area contributed by atoms with Gasteiger partial charge in [0.05, 0.1) is 5.69 Å². The Morgan fingerprint density at radius 2 is 1.72 bits per heavy atom. The number of aryl methyl sites for hydroxylation is 1. The van der Waals surface area contributed by atoms with E-state index in [1.54, 1.807) is 6.20 Å². The van der Waals surface area contributed by atoms with Crippen molar-refractivity contribution in [3.63, 3.8) is 0 Å². The summed E-state index contributed by atoms with van der Waals surface area (Å²) >= 11 is 0.